The van der Waals surface area contributed by atoms with Crippen molar-refractivity contribution in [2.75, 3.05) is 12.9 Å². The zero-order chi connectivity index (χ0) is 23.2. The van der Waals surface area contributed by atoms with Crippen molar-refractivity contribution in [2.45, 2.75) is 11.7 Å². The first-order valence-corrected chi connectivity index (χ1v) is 11.8. The second kappa shape index (κ2) is 10.5. The summed E-state index contributed by atoms with van der Waals surface area (Å²) in [6.07, 6.45) is 1.49. The van der Waals surface area contributed by atoms with E-state index in [9.17, 15) is 9.90 Å². The summed E-state index contributed by atoms with van der Waals surface area (Å²) >= 11 is 4.62. The van der Waals surface area contributed by atoms with Gasteiger partial charge in [-0.15, -0.1) is 0 Å². The molecule has 4 aromatic rings. The van der Waals surface area contributed by atoms with Crippen LogP contribution < -0.4 is 10.2 Å². The molecule has 0 aliphatic carbocycles. The maximum atomic E-state index is 12.4. The molecular weight excluding hydrogens is 504 g/mol. The van der Waals surface area contributed by atoms with Crippen molar-refractivity contribution in [3.05, 3.63) is 82.3 Å². The highest BCUT2D eigenvalue weighted by Crippen LogP contribution is 2.34. The van der Waals surface area contributed by atoms with Crippen molar-refractivity contribution in [3.63, 3.8) is 0 Å². The fraction of sp³-hybridized carbons (Fsp3) is 0.125. The number of aromatic nitrogens is 2. The van der Waals surface area contributed by atoms with Gasteiger partial charge in [-0.25, -0.2) is 10.4 Å². The van der Waals surface area contributed by atoms with Crippen molar-refractivity contribution < 1.29 is 14.6 Å². The van der Waals surface area contributed by atoms with Gasteiger partial charge in [-0.3, -0.25) is 4.79 Å². The highest BCUT2D eigenvalue weighted by atomic mass is 79.9. The van der Waals surface area contributed by atoms with Crippen LogP contribution in [0.4, 0.5) is 0 Å². The van der Waals surface area contributed by atoms with Gasteiger partial charge in [-0.1, -0.05) is 54.2 Å². The van der Waals surface area contributed by atoms with Gasteiger partial charge in [0, 0.05) is 0 Å². The smallest absolute Gasteiger partial charge is 0.250 e. The van der Waals surface area contributed by atoms with Gasteiger partial charge >= 0.3 is 0 Å². The summed E-state index contributed by atoms with van der Waals surface area (Å²) in [6.45, 7) is 0.668. The molecule has 0 aliphatic heterocycles. The average Bonchev–Trinajstić information content (AvgIpc) is 3.18. The SMILES string of the molecule is COc1cc(C=NNC(=O)CSc2nc3ccccc3n2Cc2ccccc2)cc(Br)c1O. The van der Waals surface area contributed by atoms with Crippen LogP contribution in [0, 0.1) is 0 Å². The number of para-hydroxylation sites is 2. The van der Waals surface area contributed by atoms with Crippen LogP contribution in [0.1, 0.15) is 11.1 Å². The number of halogens is 1. The van der Waals surface area contributed by atoms with Crippen molar-refractivity contribution in [1.29, 1.82) is 0 Å². The predicted octanol–water partition coefficient (Wildman–Crippen LogP) is 4.80. The highest BCUT2D eigenvalue weighted by molar-refractivity contribution is 9.10. The maximum absolute atomic E-state index is 12.4. The lowest BCUT2D eigenvalue weighted by Gasteiger charge is -2.09. The number of hydrogen-bond donors (Lipinski definition) is 2. The Bertz CT molecular complexity index is 1310. The molecule has 0 unspecified atom stereocenters. The van der Waals surface area contributed by atoms with Crippen molar-refractivity contribution in [3.8, 4) is 11.5 Å². The van der Waals surface area contributed by atoms with Crippen LogP contribution in [0.25, 0.3) is 11.0 Å². The number of nitrogens with one attached hydrogen (secondary N) is 1. The molecule has 0 fully saturated rings. The summed E-state index contributed by atoms with van der Waals surface area (Å²) in [6, 6.07) is 21.4. The number of nitrogens with zero attached hydrogens (tertiary/aromatic N) is 3. The molecule has 33 heavy (non-hydrogen) atoms. The fourth-order valence-corrected chi connectivity index (χ4v) is 4.51. The standard InChI is InChI=1S/C24H21BrN4O3S/c1-32-21-12-17(11-18(25)23(21)31)13-26-28-22(30)15-33-24-27-19-9-5-6-10-20(19)29(24)14-16-7-3-2-4-8-16/h2-13,31H,14-15H2,1H3,(H,28,30). The van der Waals surface area contributed by atoms with Crippen molar-refractivity contribution in [1.82, 2.24) is 15.0 Å². The number of hydrogen-bond acceptors (Lipinski definition) is 6. The Morgan fingerprint density at radius 2 is 1.97 bits per heavy atom. The number of thioether (sulfide) groups is 1. The first kappa shape index (κ1) is 22.9. The van der Waals surface area contributed by atoms with E-state index in [4.69, 9.17) is 9.72 Å². The van der Waals surface area contributed by atoms with Gasteiger partial charge in [0.15, 0.2) is 16.7 Å². The zero-order valence-corrected chi connectivity index (χ0v) is 20.1. The third-order valence-electron chi connectivity index (χ3n) is 4.81. The highest BCUT2D eigenvalue weighted by Gasteiger charge is 2.13. The van der Waals surface area contributed by atoms with Gasteiger partial charge in [0.2, 0.25) is 0 Å². The van der Waals surface area contributed by atoms with Crippen LogP contribution in [0.3, 0.4) is 0 Å². The number of amides is 1. The molecule has 3 aromatic carbocycles. The lowest BCUT2D eigenvalue weighted by molar-refractivity contribution is -0.118. The normalized spacial score (nSPS) is 11.2. The minimum atomic E-state index is -0.251. The van der Waals surface area contributed by atoms with E-state index >= 15 is 0 Å². The molecule has 0 atom stereocenters. The largest absolute Gasteiger partial charge is 0.503 e. The molecule has 2 N–H and O–H groups in total. The number of benzene rings is 3. The summed E-state index contributed by atoms with van der Waals surface area (Å²) in [7, 11) is 1.46. The third-order valence-corrected chi connectivity index (χ3v) is 6.39. The minimum Gasteiger partial charge on any atom is -0.503 e. The van der Waals surface area contributed by atoms with Crippen molar-refractivity contribution >= 4 is 50.8 Å². The molecule has 9 heteroatoms. The number of fused-ring (bicyclic) bond motifs is 1. The van der Waals surface area contributed by atoms with Gasteiger partial charge in [0.1, 0.15) is 0 Å². The number of carbonyl (C=O) groups is 1. The summed E-state index contributed by atoms with van der Waals surface area (Å²) < 4.78 is 7.71. The molecule has 1 amide bonds. The zero-order valence-electron chi connectivity index (χ0n) is 17.7. The Balaban J connectivity index is 1.43. The second-order valence-corrected chi connectivity index (χ2v) is 8.89. The first-order valence-electron chi connectivity index (χ1n) is 10.1. The van der Waals surface area contributed by atoms with E-state index in [0.717, 1.165) is 21.8 Å². The molecular formula is C24H21BrN4O3S. The Morgan fingerprint density at radius 1 is 1.21 bits per heavy atom. The van der Waals surface area contributed by atoms with E-state index in [1.165, 1.54) is 25.1 Å². The van der Waals surface area contributed by atoms with E-state index in [1.54, 1.807) is 12.1 Å². The Labute approximate surface area is 203 Å². The third kappa shape index (κ3) is 5.55. The molecule has 0 bridgehead atoms. The fourth-order valence-electron chi connectivity index (χ4n) is 3.25. The number of carbonyl (C=O) groups excluding carboxylic acids is 1. The summed E-state index contributed by atoms with van der Waals surface area (Å²) in [5, 5.41) is 14.7. The number of imidazole rings is 1. The number of methoxy groups -OCH3 is 1. The van der Waals surface area contributed by atoms with E-state index in [1.807, 2.05) is 42.5 Å². The van der Waals surface area contributed by atoms with Crippen LogP contribution in [0.15, 0.2) is 81.5 Å². The Morgan fingerprint density at radius 3 is 2.76 bits per heavy atom. The molecule has 0 saturated carbocycles. The lowest BCUT2D eigenvalue weighted by Crippen LogP contribution is -2.20. The second-order valence-electron chi connectivity index (χ2n) is 7.09. The molecule has 4 rings (SSSR count). The lowest BCUT2D eigenvalue weighted by atomic mass is 10.2. The van der Waals surface area contributed by atoms with Crippen LogP contribution >= 0.6 is 27.7 Å². The van der Waals surface area contributed by atoms with Gasteiger partial charge in [0.25, 0.3) is 5.91 Å². The Kier molecular flexibility index (Phi) is 7.31. The number of ether oxygens (including phenoxy) is 1. The molecule has 0 saturated heterocycles. The van der Waals surface area contributed by atoms with Crippen LogP contribution in [0.2, 0.25) is 0 Å². The molecule has 0 radical (unpaired) electrons. The molecule has 1 heterocycles. The van der Waals surface area contributed by atoms with Crippen molar-refractivity contribution in [2.24, 2.45) is 5.10 Å². The number of rotatable bonds is 8. The summed E-state index contributed by atoms with van der Waals surface area (Å²) in [5.74, 6) is 0.232. The predicted molar refractivity (Wildman–Crippen MR) is 134 cm³/mol. The average molecular weight is 525 g/mol. The molecule has 1 aromatic heterocycles. The quantitative estimate of drug-likeness (QED) is 0.196. The summed E-state index contributed by atoms with van der Waals surface area (Å²) in [4.78, 5) is 17.1. The van der Waals surface area contributed by atoms with E-state index < -0.39 is 0 Å². The number of phenolic OH excluding ortho intramolecular Hbond substituents is 1. The topological polar surface area (TPSA) is 88.7 Å². The first-order chi connectivity index (χ1) is 16.0. The molecule has 0 spiro atoms. The van der Waals surface area contributed by atoms with E-state index in [0.29, 0.717) is 22.3 Å². The van der Waals surface area contributed by atoms with Crippen LogP contribution in [-0.2, 0) is 11.3 Å². The maximum Gasteiger partial charge on any atom is 0.250 e. The van der Waals surface area contributed by atoms with Gasteiger partial charge in [-0.05, 0) is 51.3 Å². The molecule has 0 aliphatic rings. The Hall–Kier alpha value is -3.30. The van der Waals surface area contributed by atoms with Gasteiger partial charge in [-0.2, -0.15) is 5.10 Å². The monoisotopic (exact) mass is 524 g/mol. The molecule has 7 nitrogen and oxygen atoms in total. The van der Waals surface area contributed by atoms with E-state index in [-0.39, 0.29) is 17.4 Å². The molecule has 168 valence electrons. The van der Waals surface area contributed by atoms with Gasteiger partial charge in [0.05, 0.1) is 41.1 Å². The number of phenols is 1. The summed E-state index contributed by atoms with van der Waals surface area (Å²) in [5.41, 5.74) is 6.26. The van der Waals surface area contributed by atoms with Gasteiger partial charge < -0.3 is 14.4 Å². The van der Waals surface area contributed by atoms with Crippen LogP contribution in [-0.4, -0.2) is 39.6 Å². The minimum absolute atomic E-state index is 0.00785. The van der Waals surface area contributed by atoms with Crippen LogP contribution in [0.5, 0.6) is 11.5 Å². The number of aromatic hydroxyl groups is 1. The number of hydrazone groups is 1. The van der Waals surface area contributed by atoms with E-state index in [2.05, 4.69) is 43.2 Å².